The van der Waals surface area contributed by atoms with E-state index in [9.17, 15) is 18.0 Å². The Labute approximate surface area is 161 Å². The van der Waals surface area contributed by atoms with Gasteiger partial charge in [0.1, 0.15) is 10.8 Å². The van der Waals surface area contributed by atoms with Gasteiger partial charge in [-0.15, -0.1) is 11.3 Å². The third kappa shape index (κ3) is 4.55. The van der Waals surface area contributed by atoms with Gasteiger partial charge in [0.15, 0.2) is 0 Å². The fourth-order valence-corrected chi connectivity index (χ4v) is 5.89. The second kappa shape index (κ2) is 8.20. The van der Waals surface area contributed by atoms with E-state index in [0.29, 0.717) is 19.0 Å². The van der Waals surface area contributed by atoms with Gasteiger partial charge in [-0.05, 0) is 30.4 Å². The van der Waals surface area contributed by atoms with Crippen LogP contribution in [0.15, 0.2) is 46.0 Å². The van der Waals surface area contributed by atoms with Crippen molar-refractivity contribution in [1.82, 2.24) is 9.62 Å². The maximum Gasteiger partial charge on any atom is 0.322 e. The summed E-state index contributed by atoms with van der Waals surface area (Å²) in [5, 5.41) is 12.3. The van der Waals surface area contributed by atoms with Crippen LogP contribution in [0.3, 0.4) is 0 Å². The van der Waals surface area contributed by atoms with E-state index in [-0.39, 0.29) is 9.77 Å². The molecule has 1 aliphatic rings. The third-order valence-electron chi connectivity index (χ3n) is 4.56. The van der Waals surface area contributed by atoms with Gasteiger partial charge >= 0.3 is 5.97 Å². The van der Waals surface area contributed by atoms with Gasteiger partial charge in [-0.1, -0.05) is 30.3 Å². The molecular weight excluding hydrogens is 388 g/mol. The maximum absolute atomic E-state index is 12.8. The fourth-order valence-electron chi connectivity index (χ4n) is 3.11. The molecule has 1 saturated heterocycles. The molecule has 1 amide bonds. The summed E-state index contributed by atoms with van der Waals surface area (Å²) in [7, 11) is -3.66. The summed E-state index contributed by atoms with van der Waals surface area (Å²) in [5.41, 5.74) is 1.38. The van der Waals surface area contributed by atoms with Gasteiger partial charge in [0, 0.05) is 18.5 Å². The number of benzene rings is 1. The summed E-state index contributed by atoms with van der Waals surface area (Å²) in [6, 6.07) is 11.4. The minimum Gasteiger partial charge on any atom is -0.480 e. The first kappa shape index (κ1) is 19.5. The van der Waals surface area contributed by atoms with Crippen LogP contribution in [0.1, 0.15) is 34.7 Å². The Balaban J connectivity index is 1.65. The van der Waals surface area contributed by atoms with Crippen molar-refractivity contribution in [3.63, 3.8) is 0 Å². The Morgan fingerprint density at radius 1 is 1.19 bits per heavy atom. The van der Waals surface area contributed by atoms with Crippen LogP contribution in [0.25, 0.3) is 0 Å². The van der Waals surface area contributed by atoms with Crippen molar-refractivity contribution in [1.29, 1.82) is 0 Å². The molecule has 7 nitrogen and oxygen atoms in total. The van der Waals surface area contributed by atoms with Gasteiger partial charge in [-0.25, -0.2) is 8.42 Å². The summed E-state index contributed by atoms with van der Waals surface area (Å²) in [5.74, 6) is -1.41. The molecule has 2 heterocycles. The Kier molecular flexibility index (Phi) is 5.93. The smallest absolute Gasteiger partial charge is 0.322 e. The Morgan fingerprint density at radius 2 is 1.85 bits per heavy atom. The van der Waals surface area contributed by atoms with Gasteiger partial charge in [0.2, 0.25) is 0 Å². The van der Waals surface area contributed by atoms with Gasteiger partial charge in [0.25, 0.3) is 15.9 Å². The molecule has 1 aromatic heterocycles. The monoisotopic (exact) mass is 408 g/mol. The van der Waals surface area contributed by atoms with Crippen molar-refractivity contribution in [2.45, 2.75) is 23.0 Å². The highest BCUT2D eigenvalue weighted by atomic mass is 32.2. The number of rotatable bonds is 6. The molecule has 0 aliphatic carbocycles. The quantitative estimate of drug-likeness (QED) is 0.762. The molecule has 27 heavy (non-hydrogen) atoms. The van der Waals surface area contributed by atoms with E-state index < -0.39 is 28.4 Å². The van der Waals surface area contributed by atoms with E-state index in [1.54, 1.807) is 0 Å². The van der Waals surface area contributed by atoms with Crippen LogP contribution in [0.4, 0.5) is 0 Å². The number of nitrogens with one attached hydrogen (secondary N) is 1. The van der Waals surface area contributed by atoms with Crippen molar-refractivity contribution >= 4 is 33.2 Å². The molecule has 144 valence electrons. The zero-order valence-corrected chi connectivity index (χ0v) is 16.1. The average molecular weight is 409 g/mol. The molecule has 0 bridgehead atoms. The topological polar surface area (TPSA) is 104 Å². The molecule has 1 aromatic carbocycles. The Hall–Kier alpha value is -2.23. The molecular formula is C18H20N2O5S2. The number of amides is 1. The van der Waals surface area contributed by atoms with E-state index >= 15 is 0 Å². The van der Waals surface area contributed by atoms with Crippen LogP contribution in [0.2, 0.25) is 0 Å². The summed E-state index contributed by atoms with van der Waals surface area (Å²) in [6.07, 6.45) is 1.50. The molecule has 2 N–H and O–H groups in total. The van der Waals surface area contributed by atoms with Gasteiger partial charge < -0.3 is 10.4 Å². The standard InChI is InChI=1S/C18H20N2O5S2/c21-16(22)11-19-18(23)15-10-17(26-12-15)27(24,25)20-8-6-14(7-9-20)13-4-2-1-3-5-13/h1-5,10,12,14H,6-9,11H2,(H,19,23)(H,21,22). The Morgan fingerprint density at radius 3 is 2.48 bits per heavy atom. The fraction of sp³-hybridized carbons (Fsp3) is 0.333. The highest BCUT2D eigenvalue weighted by Gasteiger charge is 2.31. The number of carboxylic acids is 1. The lowest BCUT2D eigenvalue weighted by Crippen LogP contribution is -2.37. The number of carboxylic acid groups (broad SMARTS) is 1. The molecule has 9 heteroatoms. The predicted molar refractivity (Wildman–Crippen MR) is 101 cm³/mol. The summed E-state index contributed by atoms with van der Waals surface area (Å²) in [6.45, 7) is 0.352. The van der Waals surface area contributed by atoms with Crippen molar-refractivity contribution < 1.29 is 23.1 Å². The molecule has 0 saturated carbocycles. The molecule has 2 aromatic rings. The van der Waals surface area contributed by atoms with Crippen LogP contribution in [0.5, 0.6) is 0 Å². The number of thiophene rings is 1. The lowest BCUT2D eigenvalue weighted by Gasteiger charge is -2.31. The highest BCUT2D eigenvalue weighted by molar-refractivity contribution is 7.91. The minimum atomic E-state index is -3.66. The van der Waals surface area contributed by atoms with Crippen LogP contribution >= 0.6 is 11.3 Å². The largest absolute Gasteiger partial charge is 0.480 e. The highest BCUT2D eigenvalue weighted by Crippen LogP contribution is 2.32. The minimum absolute atomic E-state index is 0.0983. The molecule has 1 fully saturated rings. The second-order valence-electron chi connectivity index (χ2n) is 6.32. The molecule has 0 atom stereocenters. The number of carbonyl (C=O) groups excluding carboxylic acids is 1. The van der Waals surface area contributed by atoms with Crippen LogP contribution in [-0.2, 0) is 14.8 Å². The number of piperidine rings is 1. The normalized spacial score (nSPS) is 16.1. The van der Waals surface area contributed by atoms with Crippen molar-refractivity contribution in [3.8, 4) is 0 Å². The molecule has 1 aliphatic heterocycles. The number of hydrogen-bond acceptors (Lipinski definition) is 5. The van der Waals surface area contributed by atoms with Crippen LogP contribution < -0.4 is 5.32 Å². The predicted octanol–water partition coefficient (Wildman–Crippen LogP) is 2.13. The first-order valence-corrected chi connectivity index (χ1v) is 10.8. The number of hydrogen-bond donors (Lipinski definition) is 2. The van der Waals surface area contributed by atoms with E-state index in [2.05, 4.69) is 17.4 Å². The first-order valence-electron chi connectivity index (χ1n) is 8.51. The zero-order valence-electron chi connectivity index (χ0n) is 14.5. The van der Waals surface area contributed by atoms with E-state index in [1.165, 1.54) is 21.3 Å². The van der Waals surface area contributed by atoms with E-state index in [4.69, 9.17) is 5.11 Å². The molecule has 3 rings (SSSR count). The van der Waals surface area contributed by atoms with Crippen molar-refractivity contribution in [2.24, 2.45) is 0 Å². The lowest BCUT2D eigenvalue weighted by molar-refractivity contribution is -0.135. The average Bonchev–Trinajstić information content (AvgIpc) is 3.18. The molecule has 0 spiro atoms. The van der Waals surface area contributed by atoms with Gasteiger partial charge in [-0.3, -0.25) is 9.59 Å². The number of nitrogens with zero attached hydrogens (tertiary/aromatic N) is 1. The van der Waals surface area contributed by atoms with Crippen molar-refractivity contribution in [3.05, 3.63) is 52.9 Å². The van der Waals surface area contributed by atoms with Crippen LogP contribution in [0, 0.1) is 0 Å². The SMILES string of the molecule is O=C(O)CNC(=O)c1csc(S(=O)(=O)N2CCC(c3ccccc3)CC2)c1. The van der Waals surface area contributed by atoms with Gasteiger partial charge in [0.05, 0.1) is 5.56 Å². The summed E-state index contributed by atoms with van der Waals surface area (Å²) in [4.78, 5) is 22.4. The van der Waals surface area contributed by atoms with E-state index in [0.717, 1.165) is 24.2 Å². The molecule has 0 unspecified atom stereocenters. The van der Waals surface area contributed by atoms with Crippen molar-refractivity contribution in [2.75, 3.05) is 19.6 Å². The maximum atomic E-state index is 12.8. The van der Waals surface area contributed by atoms with Crippen LogP contribution in [-0.4, -0.2) is 49.3 Å². The summed E-state index contributed by atoms with van der Waals surface area (Å²) >= 11 is 0.972. The zero-order chi connectivity index (χ0) is 19.4. The van der Waals surface area contributed by atoms with E-state index in [1.807, 2.05) is 18.2 Å². The molecule has 0 radical (unpaired) electrons. The Bertz CT molecular complexity index is 916. The first-order chi connectivity index (χ1) is 12.9. The second-order valence-corrected chi connectivity index (χ2v) is 9.40. The summed E-state index contributed by atoms with van der Waals surface area (Å²) < 4.78 is 27.2. The van der Waals surface area contributed by atoms with Gasteiger partial charge in [-0.2, -0.15) is 4.31 Å². The number of carbonyl (C=O) groups is 2. The third-order valence-corrected chi connectivity index (χ3v) is 7.87. The number of sulfonamides is 1. The number of aliphatic carboxylic acids is 1. The lowest BCUT2D eigenvalue weighted by atomic mass is 9.90.